The van der Waals surface area contributed by atoms with E-state index in [2.05, 4.69) is 0 Å². The molecule has 0 N–H and O–H groups in total. The molecule has 3 heteroatoms. The monoisotopic (exact) mass is 320 g/mol. The largest absolute Gasteiger partial charge is 0.482 e. The number of ether oxygens (including phenoxy) is 2. The van der Waals surface area contributed by atoms with E-state index in [4.69, 9.17) is 9.47 Å². The van der Waals surface area contributed by atoms with Crippen molar-refractivity contribution < 1.29 is 14.3 Å². The highest BCUT2D eigenvalue weighted by Gasteiger charge is 2.33. The van der Waals surface area contributed by atoms with Crippen molar-refractivity contribution in [3.8, 4) is 5.75 Å². The fraction of sp³-hybridized carbons (Fsp3) is 0.190. The lowest BCUT2D eigenvalue weighted by Gasteiger charge is -2.33. The number of allylic oxidation sites excluding steroid dienone is 3. The minimum atomic E-state index is -0.359. The van der Waals surface area contributed by atoms with Crippen molar-refractivity contribution in [3.05, 3.63) is 90.0 Å². The van der Waals surface area contributed by atoms with Crippen LogP contribution in [0, 0.1) is 0 Å². The molecule has 2 aromatic carbocycles. The Hall–Kier alpha value is -2.81. The predicted octanol–water partition coefficient (Wildman–Crippen LogP) is 4.41. The highest BCUT2D eigenvalue weighted by atomic mass is 16.6. The van der Waals surface area contributed by atoms with E-state index in [9.17, 15) is 4.79 Å². The van der Waals surface area contributed by atoms with Crippen LogP contribution in [0.1, 0.15) is 24.2 Å². The molecule has 0 saturated carbocycles. The number of fused-ring (bicyclic) bond motifs is 1. The molecule has 2 aromatic rings. The van der Waals surface area contributed by atoms with E-state index in [0.29, 0.717) is 6.42 Å². The number of carbonyl (C=O) groups excluding carboxylic acids is 1. The van der Waals surface area contributed by atoms with Crippen molar-refractivity contribution in [1.82, 2.24) is 0 Å². The molecule has 1 heterocycles. The Morgan fingerprint density at radius 3 is 2.62 bits per heavy atom. The summed E-state index contributed by atoms with van der Waals surface area (Å²) in [6.07, 6.45) is 6.74. The van der Waals surface area contributed by atoms with E-state index >= 15 is 0 Å². The first-order valence-electron chi connectivity index (χ1n) is 8.07. The first-order valence-corrected chi connectivity index (χ1v) is 8.07. The lowest BCUT2D eigenvalue weighted by molar-refractivity contribution is -0.149. The molecule has 1 aliphatic rings. The summed E-state index contributed by atoms with van der Waals surface area (Å²) in [6.45, 7) is 1.90. The Bertz CT molecular complexity index is 747. The van der Waals surface area contributed by atoms with Crippen LogP contribution in [0.4, 0.5) is 0 Å². The first kappa shape index (κ1) is 16.1. The molecule has 24 heavy (non-hydrogen) atoms. The molecule has 2 unspecified atom stereocenters. The maximum atomic E-state index is 12.1. The van der Waals surface area contributed by atoms with Crippen LogP contribution in [0.3, 0.4) is 0 Å². The predicted molar refractivity (Wildman–Crippen MR) is 93.8 cm³/mol. The summed E-state index contributed by atoms with van der Waals surface area (Å²) in [5.41, 5.74) is 2.06. The maximum absolute atomic E-state index is 12.1. The minimum absolute atomic E-state index is 0.305. The molecular weight excluding hydrogens is 300 g/mol. The molecule has 2 atom stereocenters. The van der Waals surface area contributed by atoms with Crippen molar-refractivity contribution in [1.29, 1.82) is 0 Å². The van der Waals surface area contributed by atoms with E-state index in [1.165, 1.54) is 6.08 Å². The second kappa shape index (κ2) is 7.64. The van der Waals surface area contributed by atoms with Gasteiger partial charge in [-0.15, -0.1) is 0 Å². The molecule has 0 radical (unpaired) electrons. The molecule has 3 nitrogen and oxygen atoms in total. The third kappa shape index (κ3) is 3.74. The minimum Gasteiger partial charge on any atom is -0.482 e. The van der Waals surface area contributed by atoms with Crippen LogP contribution < -0.4 is 4.74 Å². The second-order valence-electron chi connectivity index (χ2n) is 5.62. The zero-order chi connectivity index (χ0) is 16.8. The van der Waals surface area contributed by atoms with Crippen molar-refractivity contribution >= 4 is 5.97 Å². The van der Waals surface area contributed by atoms with Crippen LogP contribution >= 0.6 is 0 Å². The lowest BCUT2D eigenvalue weighted by Crippen LogP contribution is -2.34. The lowest BCUT2D eigenvalue weighted by atomic mass is 9.94. The van der Waals surface area contributed by atoms with E-state index in [0.717, 1.165) is 16.9 Å². The Balaban J connectivity index is 1.85. The van der Waals surface area contributed by atoms with E-state index in [1.54, 1.807) is 12.2 Å². The normalized spacial score (nSPS) is 19.9. The average Bonchev–Trinajstić information content (AvgIpc) is 2.62. The van der Waals surface area contributed by atoms with Gasteiger partial charge in [-0.3, -0.25) is 0 Å². The summed E-state index contributed by atoms with van der Waals surface area (Å²) >= 11 is 0. The molecule has 1 aliphatic heterocycles. The molecule has 0 amide bonds. The van der Waals surface area contributed by atoms with Gasteiger partial charge in [0.25, 0.3) is 0 Å². The van der Waals surface area contributed by atoms with Crippen molar-refractivity contribution in [2.45, 2.75) is 25.6 Å². The van der Waals surface area contributed by atoms with Crippen LogP contribution in [0.5, 0.6) is 5.75 Å². The van der Waals surface area contributed by atoms with E-state index < -0.39 is 0 Å². The van der Waals surface area contributed by atoms with Gasteiger partial charge in [0.2, 0.25) is 0 Å². The van der Waals surface area contributed by atoms with Gasteiger partial charge in [-0.25, -0.2) is 4.79 Å². The first-order chi connectivity index (χ1) is 11.8. The van der Waals surface area contributed by atoms with Gasteiger partial charge < -0.3 is 9.47 Å². The van der Waals surface area contributed by atoms with Gasteiger partial charge in [-0.05, 0) is 24.1 Å². The van der Waals surface area contributed by atoms with Crippen LogP contribution in [0.25, 0.3) is 0 Å². The topological polar surface area (TPSA) is 35.5 Å². The van der Waals surface area contributed by atoms with E-state index in [1.807, 2.05) is 67.6 Å². The molecule has 0 bridgehead atoms. The molecule has 0 aromatic heterocycles. The fourth-order valence-corrected chi connectivity index (χ4v) is 2.79. The summed E-state index contributed by atoms with van der Waals surface area (Å²) in [7, 11) is 0. The fourth-order valence-electron chi connectivity index (χ4n) is 2.79. The Kier molecular flexibility index (Phi) is 5.12. The van der Waals surface area contributed by atoms with Gasteiger partial charge >= 0.3 is 5.97 Å². The number of hydrogen-bond donors (Lipinski definition) is 0. The van der Waals surface area contributed by atoms with E-state index in [-0.39, 0.29) is 18.2 Å². The quantitative estimate of drug-likeness (QED) is 0.476. The highest BCUT2D eigenvalue weighted by Crippen LogP contribution is 2.36. The maximum Gasteiger partial charge on any atom is 0.331 e. The van der Waals surface area contributed by atoms with Gasteiger partial charge in [-0.1, -0.05) is 66.8 Å². The summed E-state index contributed by atoms with van der Waals surface area (Å²) in [6, 6.07) is 17.8. The van der Waals surface area contributed by atoms with Gasteiger partial charge in [-0.2, -0.15) is 0 Å². The Labute approximate surface area is 142 Å². The van der Waals surface area contributed by atoms with Crippen molar-refractivity contribution in [2.75, 3.05) is 0 Å². The number of rotatable bonds is 4. The van der Waals surface area contributed by atoms with Crippen LogP contribution in [-0.4, -0.2) is 12.1 Å². The molecule has 0 spiro atoms. The molecule has 0 fully saturated rings. The van der Waals surface area contributed by atoms with Crippen molar-refractivity contribution in [2.24, 2.45) is 0 Å². The number of para-hydroxylation sites is 1. The number of benzene rings is 2. The summed E-state index contributed by atoms with van der Waals surface area (Å²) < 4.78 is 11.8. The highest BCUT2D eigenvalue weighted by molar-refractivity contribution is 5.82. The molecule has 0 aliphatic carbocycles. The molecule has 3 rings (SSSR count). The Morgan fingerprint density at radius 2 is 1.83 bits per heavy atom. The third-order valence-corrected chi connectivity index (χ3v) is 3.92. The van der Waals surface area contributed by atoms with Crippen LogP contribution in [0.2, 0.25) is 0 Å². The summed E-state index contributed by atoms with van der Waals surface area (Å²) in [5.74, 6) is 0.491. The van der Waals surface area contributed by atoms with Gasteiger partial charge in [0.1, 0.15) is 11.9 Å². The van der Waals surface area contributed by atoms with Crippen LogP contribution in [-0.2, 0) is 16.0 Å². The second-order valence-corrected chi connectivity index (χ2v) is 5.62. The summed E-state index contributed by atoms with van der Waals surface area (Å²) in [4.78, 5) is 12.1. The smallest absolute Gasteiger partial charge is 0.331 e. The zero-order valence-corrected chi connectivity index (χ0v) is 13.6. The van der Waals surface area contributed by atoms with Gasteiger partial charge in [0.15, 0.2) is 6.10 Å². The summed E-state index contributed by atoms with van der Waals surface area (Å²) in [5, 5.41) is 0. The van der Waals surface area contributed by atoms with Crippen molar-refractivity contribution in [3.63, 3.8) is 0 Å². The SMILES string of the molecule is C/C=C/C=C/C(=O)OC1Cc2ccccc2OC1c1ccccc1. The molecular formula is C21H20O3. The van der Waals surface area contributed by atoms with Crippen LogP contribution in [0.15, 0.2) is 78.9 Å². The van der Waals surface area contributed by atoms with Gasteiger partial charge in [0.05, 0.1) is 0 Å². The average molecular weight is 320 g/mol. The number of hydrogen-bond acceptors (Lipinski definition) is 3. The number of esters is 1. The third-order valence-electron chi connectivity index (χ3n) is 3.92. The van der Waals surface area contributed by atoms with Gasteiger partial charge in [0, 0.05) is 12.5 Å². The standard InChI is InChI=1S/C21H20O3/c1-2-3-5-14-20(22)23-19-15-17-12-8-9-13-18(17)24-21(19)16-10-6-4-7-11-16/h2-14,19,21H,15H2,1H3/b3-2+,14-5+. The number of carbonyl (C=O) groups is 1. The molecule has 122 valence electrons. The zero-order valence-electron chi connectivity index (χ0n) is 13.6. The Morgan fingerprint density at radius 1 is 1.08 bits per heavy atom. The molecule has 0 saturated heterocycles.